The van der Waals surface area contributed by atoms with E-state index in [0.717, 1.165) is 30.6 Å². The van der Waals surface area contributed by atoms with Crippen molar-refractivity contribution in [1.82, 2.24) is 19.8 Å². The highest BCUT2D eigenvalue weighted by molar-refractivity contribution is 6.05. The molecule has 2 saturated heterocycles. The van der Waals surface area contributed by atoms with Gasteiger partial charge in [-0.25, -0.2) is 17.6 Å². The van der Waals surface area contributed by atoms with Crippen molar-refractivity contribution in [1.29, 1.82) is 5.26 Å². The van der Waals surface area contributed by atoms with Crippen molar-refractivity contribution < 1.29 is 36.6 Å². The number of nitriles is 1. The number of pyridine rings is 2. The van der Waals surface area contributed by atoms with Crippen LogP contribution >= 0.6 is 0 Å². The highest BCUT2D eigenvalue weighted by Crippen LogP contribution is 2.35. The van der Waals surface area contributed by atoms with Crippen LogP contribution in [0, 0.1) is 11.3 Å². The van der Waals surface area contributed by atoms with Crippen LogP contribution in [-0.4, -0.2) is 77.6 Å². The van der Waals surface area contributed by atoms with Crippen LogP contribution in [0.2, 0.25) is 0 Å². The number of carbonyl (C=O) groups excluding carboxylic acids is 2. The minimum atomic E-state index is -3.04. The molecule has 1 saturated carbocycles. The van der Waals surface area contributed by atoms with Crippen molar-refractivity contribution in [3.8, 4) is 23.1 Å². The third-order valence-electron chi connectivity index (χ3n) is 8.23. The van der Waals surface area contributed by atoms with Crippen LogP contribution in [0.1, 0.15) is 63.6 Å². The first kappa shape index (κ1) is 33.1. The molecule has 1 atom stereocenters. The van der Waals surface area contributed by atoms with E-state index in [1.807, 2.05) is 6.07 Å². The van der Waals surface area contributed by atoms with E-state index in [9.17, 15) is 37.2 Å². The SMILES string of the molecule is N#Cc1ccc(-c2cc(NC(=O)c3cc(CNCC4CCCO4)cn(C4CC4)c3=O)nc(OCC(F)F)c2)c(C(=O)N2CC(F)(F)C2)c1. The molecule has 15 heteroatoms. The van der Waals surface area contributed by atoms with E-state index in [-0.39, 0.29) is 51.7 Å². The summed E-state index contributed by atoms with van der Waals surface area (Å²) in [5.74, 6) is -5.12. The maximum atomic E-state index is 13.6. The summed E-state index contributed by atoms with van der Waals surface area (Å²) in [7, 11) is 0. The summed E-state index contributed by atoms with van der Waals surface area (Å²) in [6, 6.07) is 9.99. The quantitative estimate of drug-likeness (QED) is 0.272. The monoisotopic (exact) mass is 668 g/mol. The number of nitrogens with one attached hydrogen (secondary N) is 2. The lowest BCUT2D eigenvalue weighted by Crippen LogP contribution is -2.58. The average molecular weight is 669 g/mol. The number of likely N-dealkylation sites (tertiary alicyclic amines) is 1. The molecule has 48 heavy (non-hydrogen) atoms. The van der Waals surface area contributed by atoms with Crippen LogP contribution < -0.4 is 20.9 Å². The van der Waals surface area contributed by atoms with Gasteiger partial charge in [0.25, 0.3) is 29.7 Å². The smallest absolute Gasteiger partial charge is 0.282 e. The molecule has 2 aliphatic heterocycles. The minimum absolute atomic E-state index is 0.0309. The summed E-state index contributed by atoms with van der Waals surface area (Å²) in [6.45, 7) is -0.923. The topological polar surface area (TPSA) is 139 Å². The molecule has 1 aromatic carbocycles. The maximum absolute atomic E-state index is 13.6. The Morgan fingerprint density at radius 1 is 1.12 bits per heavy atom. The number of rotatable bonds is 12. The molecule has 3 aromatic rings. The van der Waals surface area contributed by atoms with Gasteiger partial charge in [-0.2, -0.15) is 10.2 Å². The van der Waals surface area contributed by atoms with Crippen LogP contribution in [0.15, 0.2) is 47.4 Å². The third kappa shape index (κ3) is 7.66. The van der Waals surface area contributed by atoms with Crippen LogP contribution in [-0.2, 0) is 11.3 Å². The predicted octanol–water partition coefficient (Wildman–Crippen LogP) is 4.37. The van der Waals surface area contributed by atoms with Crippen molar-refractivity contribution in [2.24, 2.45) is 0 Å². The first-order valence-electron chi connectivity index (χ1n) is 15.5. The number of alkyl halides is 4. The standard InChI is InChI=1S/C33H32F4N6O5/c34-27(35)16-48-29-11-21(24-6-3-19(12-38)8-25(24)31(45)42-17-33(36,37)18-42)10-28(40-29)41-30(44)26-9-20(13-39-14-23-2-1-7-47-23)15-43(32(26)46)22-4-5-22/h3,6,8-11,15,22-23,27,39H,1-2,4-5,7,13-14,16-18H2,(H,40,41,44). The van der Waals surface area contributed by atoms with Crippen molar-refractivity contribution in [2.75, 3.05) is 38.2 Å². The van der Waals surface area contributed by atoms with E-state index < -0.39 is 49.4 Å². The molecule has 3 fully saturated rings. The summed E-state index contributed by atoms with van der Waals surface area (Å²) >= 11 is 0. The van der Waals surface area contributed by atoms with Crippen molar-refractivity contribution in [2.45, 2.75) is 56.7 Å². The number of carbonyl (C=O) groups is 2. The van der Waals surface area contributed by atoms with Crippen LogP contribution in [0.4, 0.5) is 23.4 Å². The summed E-state index contributed by atoms with van der Waals surface area (Å²) in [5, 5.41) is 15.3. The Kier molecular flexibility index (Phi) is 9.47. The molecule has 0 spiro atoms. The molecule has 252 valence electrons. The zero-order valence-corrected chi connectivity index (χ0v) is 25.7. The zero-order chi connectivity index (χ0) is 34.0. The highest BCUT2D eigenvalue weighted by Gasteiger charge is 2.46. The summed E-state index contributed by atoms with van der Waals surface area (Å²) in [6.07, 6.45) is 2.50. The molecule has 4 heterocycles. The first-order valence-corrected chi connectivity index (χ1v) is 15.5. The summed E-state index contributed by atoms with van der Waals surface area (Å²) in [5.41, 5.74) is 0.343. The molecule has 1 unspecified atom stereocenters. The Hall–Kier alpha value is -4.81. The number of aromatic nitrogens is 2. The number of benzene rings is 1. The van der Waals surface area contributed by atoms with Gasteiger partial charge in [-0.3, -0.25) is 14.4 Å². The summed E-state index contributed by atoms with van der Waals surface area (Å²) < 4.78 is 65.7. The minimum Gasteiger partial charge on any atom is -0.472 e. The Bertz CT molecular complexity index is 1810. The molecule has 0 bridgehead atoms. The second kappa shape index (κ2) is 13.7. The molecule has 2 amide bonds. The number of nitrogens with zero attached hydrogens (tertiary/aromatic N) is 4. The molecule has 3 aliphatic rings. The Morgan fingerprint density at radius 3 is 2.58 bits per heavy atom. The normalized spacial score (nSPS) is 18.3. The lowest BCUT2D eigenvalue weighted by Gasteiger charge is -2.39. The Balaban J connectivity index is 1.31. The highest BCUT2D eigenvalue weighted by atomic mass is 19.3. The van der Waals surface area contributed by atoms with E-state index >= 15 is 0 Å². The van der Waals surface area contributed by atoms with Gasteiger partial charge in [-0.1, -0.05) is 6.07 Å². The van der Waals surface area contributed by atoms with E-state index in [1.165, 1.54) is 41.0 Å². The van der Waals surface area contributed by atoms with E-state index in [1.54, 1.807) is 6.20 Å². The fraction of sp³-hybridized carbons (Fsp3) is 0.424. The fourth-order valence-corrected chi connectivity index (χ4v) is 5.73. The van der Waals surface area contributed by atoms with Gasteiger partial charge in [0.1, 0.15) is 11.4 Å². The van der Waals surface area contributed by atoms with Crippen LogP contribution in [0.25, 0.3) is 11.1 Å². The molecular weight excluding hydrogens is 636 g/mol. The second-order valence-electron chi connectivity index (χ2n) is 12.1. The molecular formula is C33H32F4N6O5. The second-order valence-corrected chi connectivity index (χ2v) is 12.1. The molecule has 2 N–H and O–H groups in total. The number of amides is 2. The number of hydrogen-bond acceptors (Lipinski definition) is 8. The van der Waals surface area contributed by atoms with Gasteiger partial charge in [0, 0.05) is 43.6 Å². The lowest BCUT2D eigenvalue weighted by atomic mass is 9.96. The van der Waals surface area contributed by atoms with E-state index in [0.29, 0.717) is 25.3 Å². The first-order chi connectivity index (χ1) is 23.0. The van der Waals surface area contributed by atoms with Gasteiger partial charge >= 0.3 is 0 Å². The van der Waals surface area contributed by atoms with Crippen LogP contribution in [0.5, 0.6) is 5.88 Å². The van der Waals surface area contributed by atoms with Gasteiger partial charge in [0.2, 0.25) is 5.88 Å². The Labute approximate surface area is 272 Å². The molecule has 11 nitrogen and oxygen atoms in total. The third-order valence-corrected chi connectivity index (χ3v) is 8.23. The largest absolute Gasteiger partial charge is 0.472 e. The molecule has 2 aromatic heterocycles. The van der Waals surface area contributed by atoms with Crippen LogP contribution in [0.3, 0.4) is 0 Å². The van der Waals surface area contributed by atoms with Gasteiger partial charge in [0.15, 0.2) is 6.61 Å². The van der Waals surface area contributed by atoms with E-state index in [4.69, 9.17) is 9.47 Å². The van der Waals surface area contributed by atoms with Gasteiger partial charge in [0.05, 0.1) is 30.8 Å². The van der Waals surface area contributed by atoms with Crippen molar-refractivity contribution in [3.63, 3.8) is 0 Å². The number of hydrogen-bond donors (Lipinski definition) is 2. The average Bonchev–Trinajstić information content (AvgIpc) is 3.76. The van der Waals surface area contributed by atoms with Crippen molar-refractivity contribution >= 4 is 17.6 Å². The number of ether oxygens (including phenoxy) is 2. The number of halogens is 4. The number of anilines is 1. The van der Waals surface area contributed by atoms with Gasteiger partial charge in [-0.15, -0.1) is 0 Å². The zero-order valence-electron chi connectivity index (χ0n) is 25.7. The predicted molar refractivity (Wildman–Crippen MR) is 164 cm³/mol. The van der Waals surface area contributed by atoms with Crippen molar-refractivity contribution in [3.05, 3.63) is 75.2 Å². The molecule has 6 rings (SSSR count). The summed E-state index contributed by atoms with van der Waals surface area (Å²) in [4.78, 5) is 45.3. The molecule has 0 radical (unpaired) electrons. The lowest BCUT2D eigenvalue weighted by molar-refractivity contribution is -0.113. The maximum Gasteiger partial charge on any atom is 0.282 e. The molecule has 1 aliphatic carbocycles. The van der Waals surface area contributed by atoms with Gasteiger partial charge in [-0.05, 0) is 66.6 Å². The fourth-order valence-electron chi connectivity index (χ4n) is 5.73. The van der Waals surface area contributed by atoms with Gasteiger partial charge < -0.3 is 29.6 Å². The Morgan fingerprint density at radius 2 is 1.92 bits per heavy atom. The van der Waals surface area contributed by atoms with E-state index in [2.05, 4.69) is 15.6 Å².